The zero-order valence-electron chi connectivity index (χ0n) is 8.08. The van der Waals surface area contributed by atoms with Crippen molar-refractivity contribution in [1.82, 2.24) is 9.97 Å². The van der Waals surface area contributed by atoms with E-state index < -0.39 is 0 Å². The van der Waals surface area contributed by atoms with Gasteiger partial charge in [-0.3, -0.25) is 0 Å². The Morgan fingerprint density at radius 2 is 2.47 bits per heavy atom. The summed E-state index contributed by atoms with van der Waals surface area (Å²) in [5.41, 5.74) is 1.03. The Hall–Kier alpha value is -1.55. The van der Waals surface area contributed by atoms with E-state index in [1.54, 1.807) is 25.4 Å². The minimum atomic E-state index is -0.383. The molecule has 0 spiro atoms. The van der Waals surface area contributed by atoms with Crippen molar-refractivity contribution in [2.45, 2.75) is 6.92 Å². The summed E-state index contributed by atoms with van der Waals surface area (Å²) in [7, 11) is 0. The van der Waals surface area contributed by atoms with Crippen LogP contribution in [0.3, 0.4) is 0 Å². The van der Waals surface area contributed by atoms with Gasteiger partial charge in [0.05, 0.1) is 22.6 Å². The third-order valence-corrected chi connectivity index (χ3v) is 2.32. The van der Waals surface area contributed by atoms with Crippen molar-refractivity contribution in [2.24, 2.45) is 0 Å². The predicted molar refractivity (Wildman–Crippen MR) is 57.1 cm³/mol. The Bertz CT molecular complexity index is 507. The zero-order valence-corrected chi connectivity index (χ0v) is 8.84. The highest BCUT2D eigenvalue weighted by Crippen LogP contribution is 2.25. The van der Waals surface area contributed by atoms with Crippen molar-refractivity contribution in [2.75, 3.05) is 6.61 Å². The number of pyridine rings is 1. The predicted octanol–water partition coefficient (Wildman–Crippen LogP) is 2.39. The van der Waals surface area contributed by atoms with Gasteiger partial charge in [0, 0.05) is 12.4 Å². The molecule has 0 unspecified atom stereocenters. The summed E-state index contributed by atoms with van der Waals surface area (Å²) in [5.74, 6) is -0.383. The van der Waals surface area contributed by atoms with Crippen LogP contribution in [0.2, 0.25) is 5.02 Å². The summed E-state index contributed by atoms with van der Waals surface area (Å²) in [5, 5.41) is 1.08. The van der Waals surface area contributed by atoms with Gasteiger partial charge in [0.15, 0.2) is 0 Å². The van der Waals surface area contributed by atoms with Crippen molar-refractivity contribution in [3.8, 4) is 0 Å². The van der Waals surface area contributed by atoms with Crippen LogP contribution in [0.4, 0.5) is 0 Å². The molecule has 2 rings (SSSR count). The third-order valence-electron chi connectivity index (χ3n) is 2.02. The smallest absolute Gasteiger partial charge is 0.338 e. The molecule has 0 aromatic carbocycles. The van der Waals surface area contributed by atoms with E-state index in [0.717, 1.165) is 0 Å². The minimum Gasteiger partial charge on any atom is -0.462 e. The van der Waals surface area contributed by atoms with Crippen LogP contribution in [0, 0.1) is 0 Å². The van der Waals surface area contributed by atoms with Crippen molar-refractivity contribution in [3.63, 3.8) is 0 Å². The molecule has 0 aliphatic carbocycles. The lowest BCUT2D eigenvalue weighted by Gasteiger charge is -2.02. The number of aromatic amines is 1. The highest BCUT2D eigenvalue weighted by molar-refractivity contribution is 6.36. The van der Waals surface area contributed by atoms with Crippen LogP contribution in [-0.2, 0) is 4.74 Å². The minimum absolute atomic E-state index is 0.338. The number of esters is 1. The molecular formula is C10H9ClN2O2. The van der Waals surface area contributed by atoms with Gasteiger partial charge in [-0.15, -0.1) is 0 Å². The molecule has 0 amide bonds. The molecule has 0 radical (unpaired) electrons. The van der Waals surface area contributed by atoms with Gasteiger partial charge < -0.3 is 9.72 Å². The summed E-state index contributed by atoms with van der Waals surface area (Å²) >= 11 is 5.94. The summed E-state index contributed by atoms with van der Waals surface area (Å²) in [4.78, 5) is 18.5. The van der Waals surface area contributed by atoms with Crippen LogP contribution in [0.5, 0.6) is 0 Å². The largest absolute Gasteiger partial charge is 0.462 e. The molecule has 2 aromatic rings. The van der Waals surface area contributed by atoms with Crippen LogP contribution in [0.1, 0.15) is 17.3 Å². The Kier molecular flexibility index (Phi) is 2.60. The molecule has 0 aliphatic heterocycles. The van der Waals surface area contributed by atoms with Gasteiger partial charge in [-0.1, -0.05) is 11.6 Å². The van der Waals surface area contributed by atoms with Gasteiger partial charge in [0.1, 0.15) is 5.65 Å². The van der Waals surface area contributed by atoms with Gasteiger partial charge in [0.25, 0.3) is 0 Å². The van der Waals surface area contributed by atoms with Crippen LogP contribution < -0.4 is 0 Å². The molecule has 0 fully saturated rings. The number of H-pyrrole nitrogens is 1. The summed E-state index contributed by atoms with van der Waals surface area (Å²) in [6.07, 6.45) is 3.14. The van der Waals surface area contributed by atoms with Crippen LogP contribution in [-0.4, -0.2) is 22.5 Å². The average Bonchev–Trinajstić information content (AvgIpc) is 2.61. The Balaban J connectivity index is 2.59. The van der Waals surface area contributed by atoms with Crippen molar-refractivity contribution in [3.05, 3.63) is 29.0 Å². The maximum Gasteiger partial charge on any atom is 0.338 e. The Morgan fingerprint density at radius 3 is 3.20 bits per heavy atom. The maximum atomic E-state index is 11.6. The fourth-order valence-electron chi connectivity index (χ4n) is 1.40. The van der Waals surface area contributed by atoms with Crippen molar-refractivity contribution >= 4 is 28.6 Å². The molecule has 0 aliphatic rings. The second kappa shape index (κ2) is 3.90. The molecule has 2 heterocycles. The van der Waals surface area contributed by atoms with E-state index in [1.807, 2.05) is 0 Å². The Morgan fingerprint density at radius 1 is 1.67 bits per heavy atom. The van der Waals surface area contributed by atoms with Gasteiger partial charge in [-0.25, -0.2) is 9.78 Å². The molecule has 0 bridgehead atoms. The van der Waals surface area contributed by atoms with Gasteiger partial charge in [0.2, 0.25) is 0 Å². The van der Waals surface area contributed by atoms with E-state index in [9.17, 15) is 4.79 Å². The number of fused-ring (bicyclic) bond motifs is 1. The fourth-order valence-corrected chi connectivity index (χ4v) is 1.64. The van der Waals surface area contributed by atoms with E-state index >= 15 is 0 Å². The second-order valence-corrected chi connectivity index (χ2v) is 3.35. The number of halogens is 1. The number of ether oxygens (including phenoxy) is 1. The summed E-state index contributed by atoms with van der Waals surface area (Å²) in [6.45, 7) is 2.10. The van der Waals surface area contributed by atoms with Crippen molar-refractivity contribution in [1.29, 1.82) is 0 Å². The van der Waals surface area contributed by atoms with E-state index in [4.69, 9.17) is 16.3 Å². The van der Waals surface area contributed by atoms with E-state index in [-0.39, 0.29) is 5.97 Å². The first kappa shape index (κ1) is 9.98. The van der Waals surface area contributed by atoms with Crippen LogP contribution in [0.15, 0.2) is 18.5 Å². The maximum absolute atomic E-state index is 11.6. The molecule has 0 atom stereocenters. The molecule has 4 nitrogen and oxygen atoms in total. The van der Waals surface area contributed by atoms with Crippen LogP contribution in [0.25, 0.3) is 11.0 Å². The summed E-state index contributed by atoms with van der Waals surface area (Å²) < 4.78 is 4.92. The quantitative estimate of drug-likeness (QED) is 0.797. The monoisotopic (exact) mass is 224 g/mol. The number of nitrogens with zero attached hydrogens (tertiary/aromatic N) is 1. The molecule has 2 aromatic heterocycles. The van der Waals surface area contributed by atoms with Gasteiger partial charge in [-0.2, -0.15) is 0 Å². The topological polar surface area (TPSA) is 55.0 Å². The standard InChI is InChI=1S/C10H9ClN2O2/c1-2-15-10(14)6-3-4-12-9-8(6)7(11)5-13-9/h3-5H,2H2,1H3,(H,12,13). The normalized spacial score (nSPS) is 10.5. The average molecular weight is 225 g/mol. The van der Waals surface area contributed by atoms with E-state index in [0.29, 0.717) is 28.2 Å². The lowest BCUT2D eigenvalue weighted by molar-refractivity contribution is 0.0528. The lowest BCUT2D eigenvalue weighted by atomic mass is 10.2. The molecule has 1 N–H and O–H groups in total. The first-order chi connectivity index (χ1) is 7.24. The molecule has 78 valence electrons. The van der Waals surface area contributed by atoms with Gasteiger partial charge >= 0.3 is 5.97 Å². The number of carbonyl (C=O) groups excluding carboxylic acids is 1. The molecular weight excluding hydrogens is 216 g/mol. The first-order valence-electron chi connectivity index (χ1n) is 4.52. The number of nitrogens with one attached hydrogen (secondary N) is 1. The molecule has 0 saturated heterocycles. The first-order valence-corrected chi connectivity index (χ1v) is 4.90. The highest BCUT2D eigenvalue weighted by atomic mass is 35.5. The van der Waals surface area contributed by atoms with Crippen molar-refractivity contribution < 1.29 is 9.53 Å². The number of carbonyl (C=O) groups is 1. The summed E-state index contributed by atoms with van der Waals surface area (Å²) in [6, 6.07) is 1.60. The number of hydrogen-bond acceptors (Lipinski definition) is 3. The molecule has 0 saturated carbocycles. The highest BCUT2D eigenvalue weighted by Gasteiger charge is 2.14. The van der Waals surface area contributed by atoms with Crippen LogP contribution >= 0.6 is 11.6 Å². The molecule has 5 heteroatoms. The number of aromatic nitrogens is 2. The van der Waals surface area contributed by atoms with E-state index in [1.165, 1.54) is 0 Å². The number of hydrogen-bond donors (Lipinski definition) is 1. The molecule has 15 heavy (non-hydrogen) atoms. The zero-order chi connectivity index (χ0) is 10.8. The SMILES string of the molecule is CCOC(=O)c1ccnc2[nH]cc(Cl)c12. The third kappa shape index (κ3) is 1.68. The number of rotatable bonds is 2. The van der Waals surface area contributed by atoms with Gasteiger partial charge in [-0.05, 0) is 13.0 Å². The fraction of sp³-hybridized carbons (Fsp3) is 0.200. The Labute approximate surface area is 91.2 Å². The van der Waals surface area contributed by atoms with E-state index in [2.05, 4.69) is 9.97 Å². The second-order valence-electron chi connectivity index (χ2n) is 2.94. The lowest BCUT2D eigenvalue weighted by Crippen LogP contribution is -2.05.